The Labute approximate surface area is 169 Å². The number of para-hydroxylation sites is 1. The Balaban J connectivity index is 1.57. The second-order valence-electron chi connectivity index (χ2n) is 7.49. The Kier molecular flexibility index (Phi) is 6.44. The van der Waals surface area contributed by atoms with Crippen molar-refractivity contribution in [2.45, 2.75) is 49.1 Å². The number of ketones is 1. The predicted molar refractivity (Wildman–Crippen MR) is 111 cm³/mol. The minimum Gasteiger partial charge on any atom is -0.379 e. The first-order chi connectivity index (χ1) is 13.7. The number of Topliss-reactive ketones (excluding diaryl/α,β-unsaturated/α-hetero) is 1. The molecule has 1 saturated heterocycles. The van der Waals surface area contributed by atoms with E-state index in [4.69, 9.17) is 9.72 Å². The van der Waals surface area contributed by atoms with E-state index < -0.39 is 0 Å². The topological polar surface area (TPSA) is 64.4 Å². The zero-order chi connectivity index (χ0) is 19.3. The van der Waals surface area contributed by atoms with Crippen LogP contribution in [0.5, 0.6) is 0 Å². The lowest BCUT2D eigenvalue weighted by Crippen LogP contribution is -2.37. The molecule has 0 spiro atoms. The van der Waals surface area contributed by atoms with E-state index in [1.54, 1.807) is 4.57 Å². The van der Waals surface area contributed by atoms with Crippen molar-refractivity contribution in [2.75, 3.05) is 32.8 Å². The van der Waals surface area contributed by atoms with Crippen LogP contribution in [0.1, 0.15) is 32.1 Å². The van der Waals surface area contributed by atoms with Crippen molar-refractivity contribution in [2.24, 2.45) is 0 Å². The highest BCUT2D eigenvalue weighted by Gasteiger charge is 2.25. The van der Waals surface area contributed by atoms with Gasteiger partial charge in [-0.25, -0.2) is 4.98 Å². The van der Waals surface area contributed by atoms with Gasteiger partial charge in [-0.2, -0.15) is 0 Å². The molecular weight excluding hydrogens is 374 g/mol. The molecule has 7 heteroatoms. The van der Waals surface area contributed by atoms with E-state index in [1.807, 2.05) is 24.3 Å². The van der Waals surface area contributed by atoms with Gasteiger partial charge in [-0.05, 0) is 31.4 Å². The van der Waals surface area contributed by atoms with Crippen LogP contribution >= 0.6 is 11.8 Å². The fourth-order valence-electron chi connectivity index (χ4n) is 3.91. The number of carbonyl (C=O) groups excluding carboxylic acids is 1. The van der Waals surface area contributed by atoms with Crippen molar-refractivity contribution < 1.29 is 9.53 Å². The largest absolute Gasteiger partial charge is 0.379 e. The molecule has 0 amide bonds. The van der Waals surface area contributed by atoms with Gasteiger partial charge in [0.15, 0.2) is 5.16 Å². The number of carbonyl (C=O) groups is 1. The Hall–Kier alpha value is -1.70. The highest BCUT2D eigenvalue weighted by molar-refractivity contribution is 8.00. The lowest BCUT2D eigenvalue weighted by Gasteiger charge is -2.26. The van der Waals surface area contributed by atoms with Crippen LogP contribution in [-0.4, -0.2) is 58.3 Å². The molecule has 0 N–H and O–H groups in total. The third-order valence-corrected chi connectivity index (χ3v) is 6.84. The number of nitrogens with zero attached hydrogens (tertiary/aromatic N) is 3. The summed E-state index contributed by atoms with van der Waals surface area (Å²) in [6, 6.07) is 7.49. The van der Waals surface area contributed by atoms with Gasteiger partial charge in [0.25, 0.3) is 5.56 Å². The lowest BCUT2D eigenvalue weighted by molar-refractivity contribution is -0.119. The number of fused-ring (bicyclic) bond motifs is 1. The number of aromatic nitrogens is 2. The number of ether oxygens (including phenoxy) is 1. The van der Waals surface area contributed by atoms with Crippen LogP contribution in [0.25, 0.3) is 10.9 Å². The molecule has 2 aromatic rings. The first-order valence-electron chi connectivity index (χ1n) is 10.2. The quantitative estimate of drug-likeness (QED) is 0.694. The zero-order valence-electron chi connectivity index (χ0n) is 16.1. The average Bonchev–Trinajstić information content (AvgIpc) is 2.73. The number of benzene rings is 1. The molecule has 6 nitrogen and oxygen atoms in total. The standard InChI is InChI=1S/C21H27N3O3S/c25-18-8-3-4-9-19(18)28-21-22-17-7-2-1-6-16(17)20(26)24(21)11-5-10-23-12-14-27-15-13-23/h1-2,6-7,19H,3-5,8-15H2/t19-/m0/s1. The van der Waals surface area contributed by atoms with Crippen molar-refractivity contribution in [3.8, 4) is 0 Å². The van der Waals surface area contributed by atoms with Gasteiger partial charge in [0.05, 0.1) is 29.4 Å². The normalized spacial score (nSPS) is 21.3. The smallest absolute Gasteiger partial charge is 0.262 e. The summed E-state index contributed by atoms with van der Waals surface area (Å²) < 4.78 is 7.19. The summed E-state index contributed by atoms with van der Waals surface area (Å²) in [7, 11) is 0. The number of hydrogen-bond donors (Lipinski definition) is 0. The molecule has 1 aliphatic heterocycles. The van der Waals surface area contributed by atoms with E-state index in [0.29, 0.717) is 34.8 Å². The Morgan fingerprint density at radius 1 is 1.11 bits per heavy atom. The highest BCUT2D eigenvalue weighted by atomic mass is 32.2. The van der Waals surface area contributed by atoms with E-state index in [2.05, 4.69) is 4.90 Å². The first kappa shape index (κ1) is 19.6. The van der Waals surface area contributed by atoms with Crippen LogP contribution in [-0.2, 0) is 16.1 Å². The molecule has 0 bridgehead atoms. The fraction of sp³-hybridized carbons (Fsp3) is 0.571. The van der Waals surface area contributed by atoms with Gasteiger partial charge >= 0.3 is 0 Å². The van der Waals surface area contributed by atoms with Gasteiger partial charge in [-0.3, -0.25) is 19.1 Å². The molecule has 2 heterocycles. The summed E-state index contributed by atoms with van der Waals surface area (Å²) in [4.78, 5) is 32.6. The van der Waals surface area contributed by atoms with Crippen molar-refractivity contribution in [3.63, 3.8) is 0 Å². The van der Waals surface area contributed by atoms with Gasteiger partial charge in [0.1, 0.15) is 5.78 Å². The number of thioether (sulfide) groups is 1. The van der Waals surface area contributed by atoms with E-state index in [9.17, 15) is 9.59 Å². The van der Waals surface area contributed by atoms with Gasteiger partial charge in [0, 0.05) is 32.6 Å². The molecule has 1 aromatic carbocycles. The van der Waals surface area contributed by atoms with Crippen molar-refractivity contribution >= 4 is 28.4 Å². The summed E-state index contributed by atoms with van der Waals surface area (Å²) in [6.07, 6.45) is 4.45. The van der Waals surface area contributed by atoms with Crippen LogP contribution in [0, 0.1) is 0 Å². The summed E-state index contributed by atoms with van der Waals surface area (Å²) >= 11 is 1.48. The molecule has 28 heavy (non-hydrogen) atoms. The Morgan fingerprint density at radius 2 is 1.93 bits per heavy atom. The third kappa shape index (κ3) is 4.47. The molecule has 1 atom stereocenters. The molecule has 2 fully saturated rings. The molecule has 1 saturated carbocycles. The predicted octanol–water partition coefficient (Wildman–Crippen LogP) is 2.72. The molecule has 150 valence electrons. The molecule has 1 aromatic heterocycles. The second kappa shape index (κ2) is 9.20. The van der Waals surface area contributed by atoms with Crippen LogP contribution in [0.2, 0.25) is 0 Å². The third-order valence-electron chi connectivity index (χ3n) is 5.53. The Morgan fingerprint density at radius 3 is 2.75 bits per heavy atom. The van der Waals surface area contributed by atoms with E-state index in [-0.39, 0.29) is 10.8 Å². The lowest BCUT2D eigenvalue weighted by atomic mass is 9.99. The summed E-state index contributed by atoms with van der Waals surface area (Å²) in [5, 5.41) is 1.26. The summed E-state index contributed by atoms with van der Waals surface area (Å²) in [5.74, 6) is 0.290. The fourth-order valence-corrected chi connectivity index (χ4v) is 5.16. The van der Waals surface area contributed by atoms with Gasteiger partial charge in [0.2, 0.25) is 0 Å². The van der Waals surface area contributed by atoms with Gasteiger partial charge < -0.3 is 4.74 Å². The van der Waals surface area contributed by atoms with E-state index in [1.165, 1.54) is 11.8 Å². The SMILES string of the molecule is O=C1CCCC[C@@H]1Sc1nc2ccccc2c(=O)n1CCCN1CCOCC1. The highest BCUT2D eigenvalue weighted by Crippen LogP contribution is 2.31. The Bertz CT molecular complexity index is 892. The molecule has 2 aliphatic rings. The van der Waals surface area contributed by atoms with Crippen LogP contribution in [0.3, 0.4) is 0 Å². The van der Waals surface area contributed by atoms with Crippen LogP contribution in [0.4, 0.5) is 0 Å². The number of rotatable bonds is 6. The van der Waals surface area contributed by atoms with Gasteiger partial charge in [-0.15, -0.1) is 0 Å². The van der Waals surface area contributed by atoms with Crippen molar-refractivity contribution in [3.05, 3.63) is 34.6 Å². The first-order valence-corrected chi connectivity index (χ1v) is 11.1. The maximum absolute atomic E-state index is 13.1. The molecule has 0 unspecified atom stereocenters. The maximum atomic E-state index is 13.1. The van der Waals surface area contributed by atoms with Crippen molar-refractivity contribution in [1.82, 2.24) is 14.5 Å². The minimum absolute atomic E-state index is 0.00154. The van der Waals surface area contributed by atoms with Crippen LogP contribution < -0.4 is 5.56 Å². The zero-order valence-corrected chi connectivity index (χ0v) is 17.0. The van der Waals surface area contributed by atoms with E-state index >= 15 is 0 Å². The average molecular weight is 402 g/mol. The van der Waals surface area contributed by atoms with Gasteiger partial charge in [-0.1, -0.05) is 30.3 Å². The molecular formula is C21H27N3O3S. The number of morpholine rings is 1. The molecule has 1 aliphatic carbocycles. The summed E-state index contributed by atoms with van der Waals surface area (Å²) in [5.41, 5.74) is 0.709. The van der Waals surface area contributed by atoms with Crippen molar-refractivity contribution in [1.29, 1.82) is 0 Å². The summed E-state index contributed by atoms with van der Waals surface area (Å²) in [6.45, 7) is 5.02. The second-order valence-corrected chi connectivity index (χ2v) is 8.66. The maximum Gasteiger partial charge on any atom is 0.262 e. The molecule has 0 radical (unpaired) electrons. The monoisotopic (exact) mass is 401 g/mol. The van der Waals surface area contributed by atoms with Crippen LogP contribution in [0.15, 0.2) is 34.2 Å². The van der Waals surface area contributed by atoms with E-state index in [0.717, 1.165) is 58.5 Å². The minimum atomic E-state index is -0.0766. The molecule has 4 rings (SSSR count). The number of hydrogen-bond acceptors (Lipinski definition) is 6.